The molecule has 1 aromatic carbocycles. The minimum absolute atomic E-state index is 0.460. The Morgan fingerprint density at radius 3 is 2.90 bits per heavy atom. The lowest BCUT2D eigenvalue weighted by Gasteiger charge is -2.14. The van der Waals surface area contributed by atoms with Gasteiger partial charge in [-0.3, -0.25) is 4.98 Å². The van der Waals surface area contributed by atoms with Gasteiger partial charge in [-0.25, -0.2) is 0 Å². The van der Waals surface area contributed by atoms with Crippen molar-refractivity contribution in [3.05, 3.63) is 59.4 Å². The number of aromatic nitrogens is 1. The number of rotatable bonds is 5. The zero-order valence-corrected chi connectivity index (χ0v) is 11.8. The van der Waals surface area contributed by atoms with Crippen LogP contribution in [-0.2, 0) is 12.8 Å². The maximum Gasteiger partial charge on any atom is 0.119 e. The van der Waals surface area contributed by atoms with Crippen LogP contribution in [0.1, 0.15) is 29.2 Å². The first kappa shape index (κ1) is 13.1. The quantitative estimate of drug-likeness (QED) is 0.905. The van der Waals surface area contributed by atoms with E-state index in [4.69, 9.17) is 4.74 Å². The highest BCUT2D eigenvalue weighted by Gasteiger charge is 2.22. The summed E-state index contributed by atoms with van der Waals surface area (Å²) in [5.74, 6) is 0.951. The van der Waals surface area contributed by atoms with Crippen LogP contribution >= 0.6 is 0 Å². The van der Waals surface area contributed by atoms with Crippen molar-refractivity contribution in [2.75, 3.05) is 13.7 Å². The highest BCUT2D eigenvalue weighted by Crippen LogP contribution is 2.33. The smallest absolute Gasteiger partial charge is 0.119 e. The summed E-state index contributed by atoms with van der Waals surface area (Å²) in [6.45, 7) is 0.991. The van der Waals surface area contributed by atoms with Crippen LogP contribution in [0.3, 0.4) is 0 Å². The third-order valence-corrected chi connectivity index (χ3v) is 3.98. The summed E-state index contributed by atoms with van der Waals surface area (Å²) in [7, 11) is 1.72. The largest absolute Gasteiger partial charge is 0.497 e. The van der Waals surface area contributed by atoms with Gasteiger partial charge in [0.2, 0.25) is 0 Å². The molecule has 1 N–H and O–H groups in total. The molecule has 0 fully saturated rings. The molecule has 1 unspecified atom stereocenters. The number of hydrogen-bond donors (Lipinski definition) is 1. The van der Waals surface area contributed by atoms with Crippen LogP contribution in [0.15, 0.2) is 42.7 Å². The van der Waals surface area contributed by atoms with Gasteiger partial charge in [-0.2, -0.15) is 0 Å². The molecule has 3 rings (SSSR count). The average Bonchev–Trinajstić information content (AvgIpc) is 2.91. The first-order chi connectivity index (χ1) is 9.86. The average molecular weight is 268 g/mol. The molecule has 104 valence electrons. The Hall–Kier alpha value is -1.87. The first-order valence-electron chi connectivity index (χ1n) is 7.16. The number of fused-ring (bicyclic) bond motifs is 1. The van der Waals surface area contributed by atoms with E-state index in [1.54, 1.807) is 7.11 Å². The van der Waals surface area contributed by atoms with E-state index in [0.29, 0.717) is 6.04 Å². The van der Waals surface area contributed by atoms with E-state index >= 15 is 0 Å². The van der Waals surface area contributed by atoms with Crippen LogP contribution in [-0.4, -0.2) is 18.6 Å². The molecule has 0 amide bonds. The van der Waals surface area contributed by atoms with Crippen molar-refractivity contribution < 1.29 is 4.74 Å². The normalized spacial score (nSPS) is 16.9. The number of nitrogens with zero attached hydrogens (tertiary/aromatic N) is 1. The van der Waals surface area contributed by atoms with Crippen LogP contribution < -0.4 is 10.1 Å². The molecular formula is C17H20N2O. The zero-order valence-electron chi connectivity index (χ0n) is 11.8. The van der Waals surface area contributed by atoms with Gasteiger partial charge in [0, 0.05) is 18.4 Å². The van der Waals surface area contributed by atoms with Crippen molar-refractivity contribution in [1.29, 1.82) is 0 Å². The molecule has 2 aromatic rings. The highest BCUT2D eigenvalue weighted by molar-refractivity contribution is 5.40. The standard InChI is InChI=1S/C17H20N2O/c1-20-15-4-2-14-3-5-17(16(14)12-15)19-11-8-13-6-9-18-10-7-13/h2,4,6-7,9-10,12,17,19H,3,5,8,11H2,1H3. The van der Waals surface area contributed by atoms with Crippen molar-refractivity contribution in [2.24, 2.45) is 0 Å². The molecule has 0 spiro atoms. The van der Waals surface area contributed by atoms with Crippen molar-refractivity contribution in [1.82, 2.24) is 10.3 Å². The molecule has 1 aliphatic carbocycles. The van der Waals surface area contributed by atoms with Crippen LogP contribution in [0.25, 0.3) is 0 Å². The SMILES string of the molecule is COc1ccc2c(c1)C(NCCc1ccncc1)CC2. The molecule has 20 heavy (non-hydrogen) atoms. The summed E-state index contributed by atoms with van der Waals surface area (Å²) in [5, 5.41) is 3.66. The van der Waals surface area contributed by atoms with Gasteiger partial charge in [0.05, 0.1) is 7.11 Å². The van der Waals surface area contributed by atoms with E-state index in [0.717, 1.165) is 25.1 Å². The minimum Gasteiger partial charge on any atom is -0.497 e. The maximum absolute atomic E-state index is 5.33. The molecule has 0 saturated heterocycles. The Kier molecular flexibility index (Phi) is 3.97. The minimum atomic E-state index is 0.460. The number of ether oxygens (including phenoxy) is 1. The fourth-order valence-electron chi connectivity index (χ4n) is 2.86. The fraction of sp³-hybridized carbons (Fsp3) is 0.353. The van der Waals surface area contributed by atoms with Gasteiger partial charge in [0.25, 0.3) is 0 Å². The van der Waals surface area contributed by atoms with Gasteiger partial charge >= 0.3 is 0 Å². The predicted octanol–water partition coefficient (Wildman–Crippen LogP) is 2.91. The Bertz CT molecular complexity index is 568. The molecule has 1 aliphatic rings. The second-order valence-corrected chi connectivity index (χ2v) is 5.22. The molecule has 0 radical (unpaired) electrons. The number of nitrogens with one attached hydrogen (secondary N) is 1. The van der Waals surface area contributed by atoms with Crippen LogP contribution in [0.2, 0.25) is 0 Å². The van der Waals surface area contributed by atoms with E-state index in [1.807, 2.05) is 12.4 Å². The van der Waals surface area contributed by atoms with Crippen LogP contribution in [0.5, 0.6) is 5.75 Å². The van der Waals surface area contributed by atoms with E-state index in [1.165, 1.54) is 23.1 Å². The van der Waals surface area contributed by atoms with Gasteiger partial charge in [-0.15, -0.1) is 0 Å². The number of aryl methyl sites for hydroxylation is 1. The lowest BCUT2D eigenvalue weighted by molar-refractivity contribution is 0.413. The maximum atomic E-state index is 5.33. The van der Waals surface area contributed by atoms with Crippen molar-refractivity contribution in [3.8, 4) is 5.75 Å². The molecule has 1 heterocycles. The van der Waals surface area contributed by atoms with E-state index < -0.39 is 0 Å². The lowest BCUT2D eigenvalue weighted by atomic mass is 10.1. The molecule has 0 bridgehead atoms. The van der Waals surface area contributed by atoms with Crippen molar-refractivity contribution in [2.45, 2.75) is 25.3 Å². The molecular weight excluding hydrogens is 248 g/mol. The van der Waals surface area contributed by atoms with Crippen molar-refractivity contribution in [3.63, 3.8) is 0 Å². The summed E-state index contributed by atoms with van der Waals surface area (Å²) in [6.07, 6.45) is 7.08. The summed E-state index contributed by atoms with van der Waals surface area (Å²) < 4.78 is 5.33. The first-order valence-corrected chi connectivity index (χ1v) is 7.16. The van der Waals surface area contributed by atoms with E-state index in [9.17, 15) is 0 Å². The summed E-state index contributed by atoms with van der Waals surface area (Å²) >= 11 is 0. The molecule has 0 aliphatic heterocycles. The Morgan fingerprint density at radius 2 is 2.10 bits per heavy atom. The van der Waals surface area contributed by atoms with Crippen LogP contribution in [0, 0.1) is 0 Å². The number of hydrogen-bond acceptors (Lipinski definition) is 3. The summed E-state index contributed by atoms with van der Waals surface area (Å²) in [4.78, 5) is 4.05. The molecule has 3 heteroatoms. The van der Waals surface area contributed by atoms with Gasteiger partial charge in [-0.05, 0) is 66.8 Å². The Labute approximate surface area is 120 Å². The Balaban J connectivity index is 1.60. The third kappa shape index (κ3) is 2.83. The second-order valence-electron chi connectivity index (χ2n) is 5.22. The number of methoxy groups -OCH3 is 1. The van der Waals surface area contributed by atoms with E-state index in [2.05, 4.69) is 40.6 Å². The molecule has 1 aromatic heterocycles. The molecule has 3 nitrogen and oxygen atoms in total. The highest BCUT2D eigenvalue weighted by atomic mass is 16.5. The summed E-state index contributed by atoms with van der Waals surface area (Å²) in [6, 6.07) is 11.0. The van der Waals surface area contributed by atoms with E-state index in [-0.39, 0.29) is 0 Å². The summed E-state index contributed by atoms with van der Waals surface area (Å²) in [5.41, 5.74) is 4.18. The fourth-order valence-corrected chi connectivity index (χ4v) is 2.86. The van der Waals surface area contributed by atoms with Gasteiger partial charge in [0.1, 0.15) is 5.75 Å². The number of benzene rings is 1. The third-order valence-electron chi connectivity index (χ3n) is 3.98. The number of pyridine rings is 1. The predicted molar refractivity (Wildman–Crippen MR) is 80.0 cm³/mol. The van der Waals surface area contributed by atoms with Crippen molar-refractivity contribution >= 4 is 0 Å². The van der Waals surface area contributed by atoms with Gasteiger partial charge in [-0.1, -0.05) is 6.07 Å². The van der Waals surface area contributed by atoms with Crippen LogP contribution in [0.4, 0.5) is 0 Å². The topological polar surface area (TPSA) is 34.1 Å². The van der Waals surface area contributed by atoms with Gasteiger partial charge in [0.15, 0.2) is 0 Å². The molecule has 1 atom stereocenters. The monoisotopic (exact) mass is 268 g/mol. The Morgan fingerprint density at radius 1 is 1.25 bits per heavy atom. The van der Waals surface area contributed by atoms with Gasteiger partial charge < -0.3 is 10.1 Å². The molecule has 0 saturated carbocycles. The second kappa shape index (κ2) is 6.06. The zero-order chi connectivity index (χ0) is 13.8. The lowest BCUT2D eigenvalue weighted by Crippen LogP contribution is -2.21.